The third kappa shape index (κ3) is 2.54. The first-order valence-electron chi connectivity index (χ1n) is 14.1. The van der Waals surface area contributed by atoms with Crippen molar-refractivity contribution in [1.82, 2.24) is 0 Å². The van der Waals surface area contributed by atoms with Gasteiger partial charge in [-0.05, 0) is 77.6 Å². The van der Waals surface area contributed by atoms with E-state index in [0.717, 1.165) is 30.9 Å². The lowest BCUT2D eigenvalue weighted by molar-refractivity contribution is 1.71. The number of benzene rings is 6. The Balaban J connectivity index is 1.76. The summed E-state index contributed by atoms with van der Waals surface area (Å²) in [6, 6.07) is 15.4. The normalized spacial score (nSPS) is 15.4. The zero-order valence-corrected chi connectivity index (χ0v) is 18.9. The summed E-state index contributed by atoms with van der Waals surface area (Å²) in [5.41, 5.74) is 0.964. The molecule has 7 rings (SSSR count). The average molecular weight is 497 g/mol. The van der Waals surface area contributed by atoms with Crippen molar-refractivity contribution in [2.24, 2.45) is 0 Å². The first-order valence-corrected chi connectivity index (χ1v) is 11.7. The summed E-state index contributed by atoms with van der Waals surface area (Å²) in [6.07, 6.45) is 0. The Bertz CT molecular complexity index is 2190. The molecule has 0 bridgehead atoms. The van der Waals surface area contributed by atoms with E-state index in [1.165, 1.54) is 0 Å². The number of hydrogen-bond donors (Lipinski definition) is 0. The highest BCUT2D eigenvalue weighted by molar-refractivity contribution is 9.10. The van der Waals surface area contributed by atoms with Crippen LogP contribution in [-0.2, 0) is 0 Å². The minimum absolute atomic E-state index is 0.180. The molecule has 0 saturated carbocycles. The van der Waals surface area contributed by atoms with Crippen molar-refractivity contribution in [3.05, 3.63) is 107 Å². The van der Waals surface area contributed by atoms with Crippen LogP contribution in [0.4, 0.5) is 0 Å². The van der Waals surface area contributed by atoms with Crippen LogP contribution in [0.15, 0.2) is 107 Å². The van der Waals surface area contributed by atoms with Gasteiger partial charge in [0.1, 0.15) is 0 Å². The van der Waals surface area contributed by atoms with Gasteiger partial charge in [0.25, 0.3) is 0 Å². The molecule has 6 aromatic carbocycles. The van der Waals surface area contributed by atoms with Gasteiger partial charge >= 0.3 is 0 Å². The molecule has 0 unspecified atom stereocenters. The molecule has 0 atom stereocenters. The maximum Gasteiger partial charge on any atom is 0.0630 e. The van der Waals surface area contributed by atoms with Crippen molar-refractivity contribution in [2.45, 2.75) is 0 Å². The smallest absolute Gasteiger partial charge is 0.0630 e. The molecule has 1 aromatic heterocycles. The van der Waals surface area contributed by atoms with Crippen molar-refractivity contribution in [1.29, 1.82) is 0 Å². The molecule has 0 aliphatic rings. The van der Waals surface area contributed by atoms with Crippen LogP contribution in [-0.4, -0.2) is 0 Å². The molecule has 7 aromatic rings. The fraction of sp³-hybridized carbons (Fsp3) is 0. The minimum atomic E-state index is -0.407. The van der Waals surface area contributed by atoms with Crippen LogP contribution in [0.3, 0.4) is 0 Å². The maximum atomic E-state index is 8.88. The van der Waals surface area contributed by atoms with Gasteiger partial charge in [0, 0.05) is 24.6 Å². The fourth-order valence-corrected chi connectivity index (χ4v) is 6.27. The van der Waals surface area contributed by atoms with Crippen LogP contribution >= 0.6 is 27.3 Å². The molecule has 0 aliphatic carbocycles. The van der Waals surface area contributed by atoms with Gasteiger partial charge in [0.15, 0.2) is 0 Å². The van der Waals surface area contributed by atoms with Crippen molar-refractivity contribution in [2.75, 3.05) is 0 Å². The Morgan fingerprint density at radius 1 is 0.625 bits per heavy atom. The predicted molar refractivity (Wildman–Crippen MR) is 145 cm³/mol. The van der Waals surface area contributed by atoms with E-state index in [4.69, 9.17) is 11.0 Å². The monoisotopic (exact) mass is 496 g/mol. The number of hydrogen-bond acceptors (Lipinski definition) is 1. The standard InChI is InChI=1S/C30H17BrS/c31-30-23-11-5-3-9-21(23)28(22-10-4-6-12-24(22)30)19-14-15-26-25(17-19)29-20-8-2-1-7-18(20)13-16-27(29)32-26/h1-17H/i3D,4D,5D,6D,9D,10D,11D,12D. The van der Waals surface area contributed by atoms with Gasteiger partial charge in [0.05, 0.1) is 11.0 Å². The van der Waals surface area contributed by atoms with Gasteiger partial charge in [-0.3, -0.25) is 0 Å². The van der Waals surface area contributed by atoms with Crippen LogP contribution in [0.5, 0.6) is 0 Å². The van der Waals surface area contributed by atoms with Crippen molar-refractivity contribution in [3.8, 4) is 11.1 Å². The molecule has 0 saturated heterocycles. The van der Waals surface area contributed by atoms with E-state index in [9.17, 15) is 0 Å². The number of fused-ring (bicyclic) bond motifs is 7. The molecular weight excluding hydrogens is 472 g/mol. The molecule has 150 valence electrons. The molecule has 0 N–H and O–H groups in total. The summed E-state index contributed by atoms with van der Waals surface area (Å²) < 4.78 is 71.0. The Morgan fingerprint density at radius 2 is 1.28 bits per heavy atom. The van der Waals surface area contributed by atoms with Crippen molar-refractivity contribution < 1.29 is 11.0 Å². The lowest BCUT2D eigenvalue weighted by atomic mass is 9.91. The van der Waals surface area contributed by atoms with Crippen LogP contribution in [0, 0.1) is 0 Å². The highest BCUT2D eigenvalue weighted by atomic mass is 79.9. The van der Waals surface area contributed by atoms with Crippen molar-refractivity contribution >= 4 is 79.8 Å². The molecule has 0 nitrogen and oxygen atoms in total. The molecule has 0 spiro atoms. The number of thiophene rings is 1. The third-order valence-corrected chi connectivity index (χ3v) is 7.89. The second kappa shape index (κ2) is 6.90. The van der Waals surface area contributed by atoms with Crippen molar-refractivity contribution in [3.63, 3.8) is 0 Å². The summed E-state index contributed by atoms with van der Waals surface area (Å²) >= 11 is 5.13. The van der Waals surface area contributed by atoms with Gasteiger partial charge in [0.2, 0.25) is 0 Å². The minimum Gasteiger partial charge on any atom is -0.135 e. The van der Waals surface area contributed by atoms with E-state index in [0.29, 0.717) is 11.1 Å². The number of halogens is 1. The molecular formula is C30H17BrS. The van der Waals surface area contributed by atoms with Crippen LogP contribution in [0.2, 0.25) is 0 Å². The second-order valence-corrected chi connectivity index (χ2v) is 9.54. The van der Waals surface area contributed by atoms with Crippen LogP contribution in [0.1, 0.15) is 11.0 Å². The van der Waals surface area contributed by atoms with E-state index in [1.807, 2.05) is 30.3 Å². The highest BCUT2D eigenvalue weighted by Crippen LogP contribution is 2.44. The Labute approximate surface area is 209 Å². The maximum absolute atomic E-state index is 8.88. The van der Waals surface area contributed by atoms with E-state index >= 15 is 0 Å². The van der Waals surface area contributed by atoms with Gasteiger partial charge in [-0.1, -0.05) is 84.7 Å². The third-order valence-electron chi connectivity index (χ3n) is 5.96. The zero-order chi connectivity index (χ0) is 28.2. The van der Waals surface area contributed by atoms with E-state index in [-0.39, 0.29) is 50.2 Å². The summed E-state index contributed by atoms with van der Waals surface area (Å²) in [6.45, 7) is 0. The molecule has 0 aliphatic heterocycles. The lowest BCUT2D eigenvalue weighted by Gasteiger charge is -2.14. The lowest BCUT2D eigenvalue weighted by Crippen LogP contribution is -1.87. The summed E-state index contributed by atoms with van der Waals surface area (Å²) in [7, 11) is 0. The topological polar surface area (TPSA) is 0 Å². The van der Waals surface area contributed by atoms with Gasteiger partial charge in [-0.2, -0.15) is 0 Å². The zero-order valence-electron chi connectivity index (χ0n) is 24.5. The Morgan fingerprint density at radius 3 is 2.03 bits per heavy atom. The Hall–Kier alpha value is -3.20. The van der Waals surface area contributed by atoms with Crippen LogP contribution < -0.4 is 0 Å². The molecule has 2 heteroatoms. The highest BCUT2D eigenvalue weighted by Gasteiger charge is 2.15. The SMILES string of the molecule is [2H]c1c([2H])c([2H])c2c(-c3ccc4sc5ccc6ccccc6c5c4c3)c3c([2H])c([2H])c([2H])c([2H])c3c(Br)c2c1[2H]. The summed E-state index contributed by atoms with van der Waals surface area (Å²) in [5.74, 6) is 0. The fourth-order valence-electron chi connectivity index (χ4n) is 4.57. The predicted octanol–water partition coefficient (Wildman–Crippen LogP) is 9.94. The largest absolute Gasteiger partial charge is 0.135 e. The van der Waals surface area contributed by atoms with Gasteiger partial charge in [-0.25, -0.2) is 0 Å². The van der Waals surface area contributed by atoms with E-state index in [2.05, 4.69) is 40.2 Å². The summed E-state index contributed by atoms with van der Waals surface area (Å²) in [4.78, 5) is 0. The first kappa shape index (κ1) is 12.2. The molecule has 0 amide bonds. The molecule has 0 radical (unpaired) electrons. The quantitative estimate of drug-likeness (QED) is 0.198. The first-order chi connectivity index (χ1) is 19.1. The van der Waals surface area contributed by atoms with Gasteiger partial charge < -0.3 is 0 Å². The van der Waals surface area contributed by atoms with Crippen LogP contribution in [0.25, 0.3) is 63.6 Å². The second-order valence-electron chi connectivity index (χ2n) is 7.66. The summed E-state index contributed by atoms with van der Waals surface area (Å²) in [5, 5.41) is 5.02. The molecule has 32 heavy (non-hydrogen) atoms. The number of rotatable bonds is 1. The van der Waals surface area contributed by atoms with Gasteiger partial charge in [-0.15, -0.1) is 11.3 Å². The Kier molecular flexibility index (Phi) is 2.62. The molecule has 0 fully saturated rings. The molecule has 1 heterocycles. The van der Waals surface area contributed by atoms with E-state index in [1.54, 1.807) is 11.3 Å². The van der Waals surface area contributed by atoms with E-state index < -0.39 is 24.2 Å². The average Bonchev–Trinajstić information content (AvgIpc) is 3.34.